The Balaban J connectivity index is 1.89. The maximum atomic E-state index is 9.29. The highest BCUT2D eigenvalue weighted by Crippen LogP contribution is 2.15. The number of furan rings is 2. The molecule has 2 aromatic rings. The van der Waals surface area contributed by atoms with Crippen LogP contribution in [0, 0.1) is 0 Å². The van der Waals surface area contributed by atoms with E-state index in [0.29, 0.717) is 18.9 Å². The highest BCUT2D eigenvalue weighted by atomic mass is 16.5. The Kier molecular flexibility index (Phi) is 4.58. The van der Waals surface area contributed by atoms with Gasteiger partial charge in [-0.3, -0.25) is 5.32 Å². The van der Waals surface area contributed by atoms with E-state index in [2.05, 4.69) is 5.32 Å². The van der Waals surface area contributed by atoms with Crippen LogP contribution in [0.3, 0.4) is 0 Å². The first-order chi connectivity index (χ1) is 8.83. The van der Waals surface area contributed by atoms with Crippen molar-refractivity contribution in [1.82, 2.24) is 5.32 Å². The number of aliphatic hydroxyl groups excluding tert-OH is 1. The van der Waals surface area contributed by atoms with Gasteiger partial charge in [0.25, 0.3) is 0 Å². The third-order valence-corrected chi connectivity index (χ3v) is 2.60. The van der Waals surface area contributed by atoms with Gasteiger partial charge in [0.05, 0.1) is 25.5 Å². The number of rotatable bonds is 7. The predicted molar refractivity (Wildman–Crippen MR) is 64.8 cm³/mol. The molecule has 1 atom stereocenters. The lowest BCUT2D eigenvalue weighted by Crippen LogP contribution is -2.23. The van der Waals surface area contributed by atoms with E-state index in [-0.39, 0.29) is 12.6 Å². The third-order valence-electron chi connectivity index (χ3n) is 2.60. The van der Waals surface area contributed by atoms with Crippen LogP contribution in [0.1, 0.15) is 23.3 Å². The van der Waals surface area contributed by atoms with Crippen LogP contribution in [0.15, 0.2) is 39.4 Å². The molecule has 0 spiro atoms. The molecular weight excluding hydrogens is 234 g/mol. The summed E-state index contributed by atoms with van der Waals surface area (Å²) in [5, 5.41) is 12.5. The molecule has 0 aliphatic carbocycles. The first-order valence-corrected chi connectivity index (χ1v) is 5.77. The smallest absolute Gasteiger partial charge is 0.129 e. The Hall–Kier alpha value is -1.56. The van der Waals surface area contributed by atoms with Gasteiger partial charge < -0.3 is 18.7 Å². The Labute approximate surface area is 105 Å². The SMILES string of the molecule is COCc1ccc(CNC(CO)c2ccco2)o1. The minimum absolute atomic E-state index is 0.0286. The second kappa shape index (κ2) is 6.39. The number of hydrogen-bond donors (Lipinski definition) is 2. The Morgan fingerprint density at radius 3 is 2.83 bits per heavy atom. The first kappa shape index (κ1) is 12.9. The van der Waals surface area contributed by atoms with Gasteiger partial charge in [0.1, 0.15) is 23.9 Å². The Morgan fingerprint density at radius 2 is 2.17 bits per heavy atom. The molecule has 2 heterocycles. The van der Waals surface area contributed by atoms with Gasteiger partial charge in [-0.25, -0.2) is 0 Å². The standard InChI is InChI=1S/C13H17NO4/c1-16-9-11-5-4-10(18-11)7-14-12(8-15)13-3-2-6-17-13/h2-6,12,14-15H,7-9H2,1H3. The van der Waals surface area contributed by atoms with Crippen molar-refractivity contribution in [3.63, 3.8) is 0 Å². The molecule has 0 aliphatic rings. The highest BCUT2D eigenvalue weighted by Gasteiger charge is 2.13. The van der Waals surface area contributed by atoms with Crippen molar-refractivity contribution >= 4 is 0 Å². The van der Waals surface area contributed by atoms with E-state index in [1.807, 2.05) is 18.2 Å². The van der Waals surface area contributed by atoms with Crippen molar-refractivity contribution in [1.29, 1.82) is 0 Å². The lowest BCUT2D eigenvalue weighted by atomic mass is 10.2. The summed E-state index contributed by atoms with van der Waals surface area (Å²) >= 11 is 0. The van der Waals surface area contributed by atoms with Crippen LogP contribution in [0.2, 0.25) is 0 Å². The van der Waals surface area contributed by atoms with E-state index in [1.54, 1.807) is 19.4 Å². The zero-order valence-electron chi connectivity index (χ0n) is 10.3. The fraction of sp³-hybridized carbons (Fsp3) is 0.385. The van der Waals surface area contributed by atoms with Crippen molar-refractivity contribution < 1.29 is 18.7 Å². The van der Waals surface area contributed by atoms with Gasteiger partial charge in [0.2, 0.25) is 0 Å². The topological polar surface area (TPSA) is 67.8 Å². The summed E-state index contributed by atoms with van der Waals surface area (Å²) in [5.41, 5.74) is 0. The summed E-state index contributed by atoms with van der Waals surface area (Å²) < 4.78 is 15.8. The molecule has 0 radical (unpaired) electrons. The Bertz CT molecular complexity index is 449. The molecule has 0 aliphatic heterocycles. The van der Waals surface area contributed by atoms with Crippen molar-refractivity contribution in [2.75, 3.05) is 13.7 Å². The normalized spacial score (nSPS) is 12.8. The van der Waals surface area contributed by atoms with Crippen LogP contribution in [0.4, 0.5) is 0 Å². The predicted octanol–water partition coefficient (Wildman–Crippen LogP) is 1.84. The molecular formula is C13H17NO4. The Morgan fingerprint density at radius 1 is 1.33 bits per heavy atom. The van der Waals surface area contributed by atoms with Crippen molar-refractivity contribution in [2.24, 2.45) is 0 Å². The first-order valence-electron chi connectivity index (χ1n) is 5.77. The lowest BCUT2D eigenvalue weighted by molar-refractivity contribution is 0.161. The van der Waals surface area contributed by atoms with E-state index >= 15 is 0 Å². The average molecular weight is 251 g/mol. The molecule has 98 valence electrons. The van der Waals surface area contributed by atoms with Gasteiger partial charge in [-0.15, -0.1) is 0 Å². The van der Waals surface area contributed by atoms with Crippen molar-refractivity contribution in [3.05, 3.63) is 47.8 Å². The quantitative estimate of drug-likeness (QED) is 0.786. The number of hydrogen-bond acceptors (Lipinski definition) is 5. The summed E-state index contributed by atoms with van der Waals surface area (Å²) in [6, 6.07) is 7.16. The van der Waals surface area contributed by atoms with E-state index in [9.17, 15) is 5.11 Å². The highest BCUT2D eigenvalue weighted by molar-refractivity contribution is 5.08. The largest absolute Gasteiger partial charge is 0.468 e. The molecule has 0 fully saturated rings. The van der Waals surface area contributed by atoms with Crippen LogP contribution in [0.25, 0.3) is 0 Å². The lowest BCUT2D eigenvalue weighted by Gasteiger charge is -2.12. The molecule has 18 heavy (non-hydrogen) atoms. The fourth-order valence-corrected chi connectivity index (χ4v) is 1.71. The monoisotopic (exact) mass is 251 g/mol. The molecule has 1 unspecified atom stereocenters. The minimum Gasteiger partial charge on any atom is -0.468 e. The van der Waals surface area contributed by atoms with Gasteiger partial charge in [-0.1, -0.05) is 0 Å². The molecule has 2 aromatic heterocycles. The van der Waals surface area contributed by atoms with E-state index in [1.165, 1.54) is 0 Å². The minimum atomic E-state index is -0.226. The maximum absolute atomic E-state index is 9.29. The molecule has 5 heteroatoms. The summed E-state index contributed by atoms with van der Waals surface area (Å²) in [4.78, 5) is 0. The van der Waals surface area contributed by atoms with E-state index in [0.717, 1.165) is 11.5 Å². The zero-order valence-corrected chi connectivity index (χ0v) is 10.3. The molecule has 5 nitrogen and oxygen atoms in total. The summed E-state index contributed by atoms with van der Waals surface area (Å²) in [7, 11) is 1.62. The van der Waals surface area contributed by atoms with Gasteiger partial charge in [0.15, 0.2) is 0 Å². The van der Waals surface area contributed by atoms with Crippen LogP contribution in [-0.2, 0) is 17.9 Å². The third kappa shape index (κ3) is 3.22. The summed E-state index contributed by atoms with van der Waals surface area (Å²) in [6.07, 6.45) is 1.59. The molecule has 2 N–H and O–H groups in total. The molecule has 2 rings (SSSR count). The van der Waals surface area contributed by atoms with Gasteiger partial charge in [-0.05, 0) is 24.3 Å². The van der Waals surface area contributed by atoms with Gasteiger partial charge >= 0.3 is 0 Å². The zero-order chi connectivity index (χ0) is 12.8. The fourth-order valence-electron chi connectivity index (χ4n) is 1.71. The number of aliphatic hydroxyl groups is 1. The number of nitrogens with one attached hydrogen (secondary N) is 1. The van der Waals surface area contributed by atoms with Crippen LogP contribution in [-0.4, -0.2) is 18.8 Å². The molecule has 0 saturated heterocycles. The van der Waals surface area contributed by atoms with Crippen molar-refractivity contribution in [3.8, 4) is 0 Å². The molecule has 0 aromatic carbocycles. The second-order valence-electron chi connectivity index (χ2n) is 3.93. The summed E-state index contributed by atoms with van der Waals surface area (Å²) in [6.45, 7) is 0.955. The van der Waals surface area contributed by atoms with Crippen LogP contribution >= 0.6 is 0 Å². The molecule has 0 bridgehead atoms. The second-order valence-corrected chi connectivity index (χ2v) is 3.93. The van der Waals surface area contributed by atoms with Gasteiger partial charge in [0, 0.05) is 7.11 Å². The average Bonchev–Trinajstić information content (AvgIpc) is 3.02. The number of ether oxygens (including phenoxy) is 1. The molecule has 0 amide bonds. The van der Waals surface area contributed by atoms with E-state index in [4.69, 9.17) is 13.6 Å². The maximum Gasteiger partial charge on any atom is 0.129 e. The number of methoxy groups -OCH3 is 1. The van der Waals surface area contributed by atoms with E-state index < -0.39 is 0 Å². The van der Waals surface area contributed by atoms with Crippen LogP contribution in [0.5, 0.6) is 0 Å². The van der Waals surface area contributed by atoms with Gasteiger partial charge in [-0.2, -0.15) is 0 Å². The molecule has 0 saturated carbocycles. The van der Waals surface area contributed by atoms with Crippen LogP contribution < -0.4 is 5.32 Å². The summed E-state index contributed by atoms with van der Waals surface area (Å²) in [5.74, 6) is 2.29. The van der Waals surface area contributed by atoms with Crippen molar-refractivity contribution in [2.45, 2.75) is 19.2 Å².